The van der Waals surface area contributed by atoms with Crippen molar-refractivity contribution in [1.82, 2.24) is 14.8 Å². The van der Waals surface area contributed by atoms with Gasteiger partial charge in [-0.2, -0.15) is 5.10 Å². The molecular weight excluding hydrogens is 380 g/mol. The number of phenols is 2. The van der Waals surface area contributed by atoms with E-state index in [1.54, 1.807) is 13.2 Å². The van der Waals surface area contributed by atoms with Crippen molar-refractivity contribution in [2.75, 3.05) is 12.8 Å². The number of nitrogens with one attached hydrogen (secondary N) is 1. The van der Waals surface area contributed by atoms with Crippen molar-refractivity contribution in [2.24, 2.45) is 0 Å². The number of hydrogen-bond acceptors (Lipinski definition) is 5. The molecule has 0 saturated carbocycles. The highest BCUT2D eigenvalue weighted by Gasteiger charge is 2.22. The molecule has 0 radical (unpaired) electrons. The van der Waals surface area contributed by atoms with Crippen LogP contribution in [0.5, 0.6) is 17.2 Å². The number of aryl methyl sites for hydroxylation is 1. The molecule has 0 unspecified atom stereocenters. The van der Waals surface area contributed by atoms with E-state index in [-0.39, 0.29) is 17.5 Å². The van der Waals surface area contributed by atoms with Crippen molar-refractivity contribution < 1.29 is 14.9 Å². The van der Waals surface area contributed by atoms with Gasteiger partial charge >= 0.3 is 0 Å². The number of aromatic amines is 1. The number of rotatable bonds is 5. The van der Waals surface area contributed by atoms with E-state index in [1.807, 2.05) is 31.3 Å². The van der Waals surface area contributed by atoms with Gasteiger partial charge in [0.15, 0.2) is 5.82 Å². The minimum absolute atomic E-state index is 0.0425. The molecule has 4 aromatic rings. The molecular formula is C23H26N4O3. The number of H-pyrrole nitrogens is 1. The summed E-state index contributed by atoms with van der Waals surface area (Å²) in [5.41, 5.74) is 10.7. The first-order valence-corrected chi connectivity index (χ1v) is 9.94. The monoisotopic (exact) mass is 406 g/mol. The van der Waals surface area contributed by atoms with Crippen molar-refractivity contribution in [2.45, 2.75) is 33.2 Å². The van der Waals surface area contributed by atoms with Gasteiger partial charge < -0.3 is 25.3 Å². The predicted octanol–water partition coefficient (Wildman–Crippen LogP) is 4.84. The first-order chi connectivity index (χ1) is 14.4. The molecule has 5 N–H and O–H groups in total. The molecule has 2 heterocycles. The zero-order valence-corrected chi connectivity index (χ0v) is 17.5. The molecule has 4 rings (SSSR count). The van der Waals surface area contributed by atoms with E-state index in [9.17, 15) is 10.2 Å². The minimum Gasteiger partial charge on any atom is -0.508 e. The lowest BCUT2D eigenvalue weighted by Crippen LogP contribution is -2.00. The molecule has 0 bridgehead atoms. The Kier molecular flexibility index (Phi) is 4.81. The van der Waals surface area contributed by atoms with Gasteiger partial charge in [-0.25, -0.2) is 0 Å². The normalized spacial score (nSPS) is 11.5. The predicted molar refractivity (Wildman–Crippen MR) is 119 cm³/mol. The van der Waals surface area contributed by atoms with Gasteiger partial charge in [0.05, 0.1) is 23.9 Å². The highest BCUT2D eigenvalue weighted by molar-refractivity contribution is 6.04. The minimum atomic E-state index is -0.0425. The van der Waals surface area contributed by atoms with Crippen molar-refractivity contribution in [1.29, 1.82) is 0 Å². The van der Waals surface area contributed by atoms with Crippen molar-refractivity contribution >= 4 is 16.7 Å². The second kappa shape index (κ2) is 7.33. The number of nitrogens with two attached hydrogens (primary N) is 1. The summed E-state index contributed by atoms with van der Waals surface area (Å²) >= 11 is 0. The van der Waals surface area contributed by atoms with E-state index in [4.69, 9.17) is 10.5 Å². The van der Waals surface area contributed by atoms with E-state index in [0.717, 1.165) is 27.8 Å². The lowest BCUT2D eigenvalue weighted by Gasteiger charge is -2.15. The van der Waals surface area contributed by atoms with Gasteiger partial charge in [0, 0.05) is 29.3 Å². The summed E-state index contributed by atoms with van der Waals surface area (Å²) in [4.78, 5) is 0. The van der Waals surface area contributed by atoms with Crippen LogP contribution in [0.1, 0.15) is 32.4 Å². The van der Waals surface area contributed by atoms with Crippen LogP contribution in [0.15, 0.2) is 36.5 Å². The summed E-state index contributed by atoms with van der Waals surface area (Å²) in [6, 6.07) is 9.28. The third-order valence-corrected chi connectivity index (χ3v) is 5.53. The number of phenolic OH excluding ortho intramolecular Hbond substituents is 2. The topological polar surface area (TPSA) is 109 Å². The van der Waals surface area contributed by atoms with E-state index in [1.165, 1.54) is 6.07 Å². The second-order valence-electron chi connectivity index (χ2n) is 7.60. The molecule has 0 aliphatic carbocycles. The molecule has 2 aromatic heterocycles. The molecule has 0 amide bonds. The smallest absolute Gasteiger partial charge is 0.153 e. The summed E-state index contributed by atoms with van der Waals surface area (Å²) in [5.74, 6) is 1.13. The lowest BCUT2D eigenvalue weighted by molar-refractivity contribution is 0.416. The van der Waals surface area contributed by atoms with Crippen LogP contribution < -0.4 is 10.5 Å². The summed E-state index contributed by atoms with van der Waals surface area (Å²) in [6.07, 6.45) is 2.66. The maximum absolute atomic E-state index is 10.5. The van der Waals surface area contributed by atoms with Gasteiger partial charge in [0.2, 0.25) is 0 Å². The average molecular weight is 406 g/mol. The van der Waals surface area contributed by atoms with Gasteiger partial charge in [0.1, 0.15) is 17.2 Å². The SMILES string of the molecule is CCc1cc(-c2[nH]nc(N)c2-c2ccc(OC)c3c2ccn3C(C)C)c(O)cc1O. The first-order valence-electron chi connectivity index (χ1n) is 9.94. The Balaban J connectivity index is 2.01. The van der Waals surface area contributed by atoms with Gasteiger partial charge in [-0.05, 0) is 55.7 Å². The third kappa shape index (κ3) is 2.94. The van der Waals surface area contributed by atoms with E-state index >= 15 is 0 Å². The molecule has 2 aromatic carbocycles. The van der Waals surface area contributed by atoms with E-state index in [2.05, 4.69) is 28.6 Å². The van der Waals surface area contributed by atoms with Crippen LogP contribution in [0.4, 0.5) is 5.82 Å². The maximum Gasteiger partial charge on any atom is 0.153 e. The summed E-state index contributed by atoms with van der Waals surface area (Å²) in [5, 5.41) is 28.8. The Labute approximate surface area is 174 Å². The molecule has 7 nitrogen and oxygen atoms in total. The Morgan fingerprint density at radius 2 is 1.90 bits per heavy atom. The number of anilines is 1. The number of fused-ring (bicyclic) bond motifs is 1. The van der Waals surface area contributed by atoms with Gasteiger partial charge in [-0.1, -0.05) is 6.92 Å². The molecule has 156 valence electrons. The Hall–Kier alpha value is -3.61. The third-order valence-electron chi connectivity index (χ3n) is 5.53. The molecule has 0 fully saturated rings. The highest BCUT2D eigenvalue weighted by atomic mass is 16.5. The molecule has 7 heteroatoms. The summed E-state index contributed by atoms with van der Waals surface area (Å²) < 4.78 is 7.77. The quantitative estimate of drug-likeness (QED) is 0.379. The molecule has 0 aliphatic rings. The number of benzene rings is 2. The van der Waals surface area contributed by atoms with Gasteiger partial charge in [0.25, 0.3) is 0 Å². The van der Waals surface area contributed by atoms with Crippen LogP contribution in [0.25, 0.3) is 33.3 Å². The van der Waals surface area contributed by atoms with E-state index in [0.29, 0.717) is 29.1 Å². The standard InChI is InChI=1S/C23H26N4O3/c1-5-13-10-16(18(29)11-17(13)28)21-20(23(24)26-25-21)14-6-7-19(30-4)22-15(14)8-9-27(22)12(2)3/h6-12,28-29H,5H2,1-4H3,(H3,24,25,26). The largest absolute Gasteiger partial charge is 0.508 e. The van der Waals surface area contributed by atoms with Gasteiger partial charge in [-0.15, -0.1) is 0 Å². The number of hydrogen-bond donors (Lipinski definition) is 4. The first kappa shape index (κ1) is 19.7. The molecule has 0 spiro atoms. The molecule has 0 aliphatic heterocycles. The van der Waals surface area contributed by atoms with Crippen molar-refractivity contribution in [3.8, 4) is 39.6 Å². The Morgan fingerprint density at radius 3 is 2.57 bits per heavy atom. The van der Waals surface area contributed by atoms with Crippen LogP contribution in [-0.4, -0.2) is 32.1 Å². The van der Waals surface area contributed by atoms with Crippen LogP contribution in [0, 0.1) is 0 Å². The van der Waals surface area contributed by atoms with Crippen molar-refractivity contribution in [3.05, 3.63) is 42.1 Å². The van der Waals surface area contributed by atoms with Crippen LogP contribution in [0.3, 0.4) is 0 Å². The average Bonchev–Trinajstić information content (AvgIpc) is 3.32. The molecule has 30 heavy (non-hydrogen) atoms. The number of nitrogens with zero attached hydrogens (tertiary/aromatic N) is 2. The second-order valence-corrected chi connectivity index (χ2v) is 7.60. The van der Waals surface area contributed by atoms with Crippen LogP contribution in [0.2, 0.25) is 0 Å². The van der Waals surface area contributed by atoms with Gasteiger partial charge in [-0.3, -0.25) is 5.10 Å². The van der Waals surface area contributed by atoms with Crippen LogP contribution >= 0.6 is 0 Å². The molecule has 0 saturated heterocycles. The highest BCUT2D eigenvalue weighted by Crippen LogP contribution is 2.44. The number of aromatic nitrogens is 3. The Morgan fingerprint density at radius 1 is 1.13 bits per heavy atom. The zero-order valence-electron chi connectivity index (χ0n) is 17.5. The maximum atomic E-state index is 10.5. The summed E-state index contributed by atoms with van der Waals surface area (Å²) in [7, 11) is 1.66. The number of ether oxygens (including phenoxy) is 1. The number of aromatic hydroxyl groups is 2. The fourth-order valence-electron chi connectivity index (χ4n) is 3.99. The zero-order chi connectivity index (χ0) is 21.6. The van der Waals surface area contributed by atoms with Crippen LogP contribution in [-0.2, 0) is 6.42 Å². The van der Waals surface area contributed by atoms with E-state index < -0.39 is 0 Å². The number of methoxy groups -OCH3 is 1. The van der Waals surface area contributed by atoms with Crippen molar-refractivity contribution in [3.63, 3.8) is 0 Å². The Bertz CT molecular complexity index is 1240. The molecule has 0 atom stereocenters. The fourth-order valence-corrected chi connectivity index (χ4v) is 3.99. The number of nitrogen functional groups attached to an aromatic ring is 1. The fraction of sp³-hybridized carbons (Fsp3) is 0.261. The lowest BCUT2D eigenvalue weighted by atomic mass is 9.95. The summed E-state index contributed by atoms with van der Waals surface area (Å²) in [6.45, 7) is 6.17.